The van der Waals surface area contributed by atoms with E-state index in [2.05, 4.69) is 45.3 Å². The molecular formula is C15H23BrN2O. The van der Waals surface area contributed by atoms with Crippen LogP contribution in [0.5, 0.6) is 5.75 Å². The fourth-order valence-electron chi connectivity index (χ4n) is 2.68. The second kappa shape index (κ2) is 7.27. The minimum absolute atomic E-state index is 0.792. The highest BCUT2D eigenvalue weighted by Gasteiger charge is 2.16. The standard InChI is InChI=1S/C15H23BrN2O/c1-18-7-3-4-13(11-18)10-17-9-12-5-6-15(19-2)14(16)8-12/h5-6,8,13,17H,3-4,7,9-11H2,1-2H3/t13-/m0/s1. The van der Waals surface area contributed by atoms with Crippen molar-refractivity contribution in [3.8, 4) is 5.75 Å². The number of nitrogens with one attached hydrogen (secondary N) is 1. The summed E-state index contributed by atoms with van der Waals surface area (Å²) in [4.78, 5) is 2.43. The minimum Gasteiger partial charge on any atom is -0.496 e. The second-order valence-corrected chi connectivity index (χ2v) is 6.22. The lowest BCUT2D eigenvalue weighted by molar-refractivity contribution is 0.206. The van der Waals surface area contributed by atoms with Crippen molar-refractivity contribution in [2.75, 3.05) is 33.8 Å². The summed E-state index contributed by atoms with van der Waals surface area (Å²) in [5, 5.41) is 3.57. The van der Waals surface area contributed by atoms with Gasteiger partial charge in [-0.1, -0.05) is 6.07 Å². The van der Waals surface area contributed by atoms with Crippen molar-refractivity contribution in [1.29, 1.82) is 0 Å². The number of methoxy groups -OCH3 is 1. The van der Waals surface area contributed by atoms with E-state index >= 15 is 0 Å². The van der Waals surface area contributed by atoms with Gasteiger partial charge in [-0.25, -0.2) is 0 Å². The molecular weight excluding hydrogens is 304 g/mol. The van der Waals surface area contributed by atoms with Crippen molar-refractivity contribution < 1.29 is 4.74 Å². The van der Waals surface area contributed by atoms with Crippen LogP contribution in [0.15, 0.2) is 22.7 Å². The first-order chi connectivity index (χ1) is 9.19. The van der Waals surface area contributed by atoms with E-state index in [1.54, 1.807) is 7.11 Å². The number of piperidine rings is 1. The van der Waals surface area contributed by atoms with Crippen molar-refractivity contribution in [2.24, 2.45) is 5.92 Å². The number of nitrogens with zero attached hydrogens (tertiary/aromatic N) is 1. The summed E-state index contributed by atoms with van der Waals surface area (Å²) in [5.74, 6) is 1.68. The Morgan fingerprint density at radius 2 is 2.32 bits per heavy atom. The topological polar surface area (TPSA) is 24.5 Å². The van der Waals surface area contributed by atoms with Gasteiger partial charge in [0.2, 0.25) is 0 Å². The van der Waals surface area contributed by atoms with Crippen molar-refractivity contribution in [1.82, 2.24) is 10.2 Å². The lowest BCUT2D eigenvalue weighted by atomic mass is 9.98. The van der Waals surface area contributed by atoms with Crippen LogP contribution in [0, 0.1) is 5.92 Å². The summed E-state index contributed by atoms with van der Waals surface area (Å²) in [7, 11) is 3.91. The van der Waals surface area contributed by atoms with Gasteiger partial charge < -0.3 is 15.0 Å². The average Bonchev–Trinajstić information content (AvgIpc) is 2.39. The maximum absolute atomic E-state index is 5.24. The Morgan fingerprint density at radius 1 is 1.47 bits per heavy atom. The summed E-state index contributed by atoms with van der Waals surface area (Å²) in [6.07, 6.45) is 2.68. The van der Waals surface area contributed by atoms with Crippen molar-refractivity contribution in [3.05, 3.63) is 28.2 Å². The van der Waals surface area contributed by atoms with Gasteiger partial charge >= 0.3 is 0 Å². The summed E-state index contributed by atoms with van der Waals surface area (Å²) in [6.45, 7) is 4.50. The van der Waals surface area contributed by atoms with Crippen LogP contribution in [0.2, 0.25) is 0 Å². The van der Waals surface area contributed by atoms with Gasteiger partial charge in [-0.3, -0.25) is 0 Å². The molecule has 1 aromatic carbocycles. The molecule has 1 aliphatic heterocycles. The Hall–Kier alpha value is -0.580. The van der Waals surface area contributed by atoms with Gasteiger partial charge in [-0.15, -0.1) is 0 Å². The second-order valence-electron chi connectivity index (χ2n) is 5.37. The Kier molecular flexibility index (Phi) is 5.67. The maximum Gasteiger partial charge on any atom is 0.133 e. The largest absolute Gasteiger partial charge is 0.496 e. The third-order valence-corrected chi connectivity index (χ3v) is 4.32. The molecule has 0 amide bonds. The molecule has 1 aliphatic rings. The van der Waals surface area contributed by atoms with Crippen molar-refractivity contribution in [3.63, 3.8) is 0 Å². The van der Waals surface area contributed by atoms with E-state index in [1.807, 2.05) is 6.07 Å². The number of ether oxygens (including phenoxy) is 1. The molecule has 1 heterocycles. The van der Waals surface area contributed by atoms with Crippen LogP contribution in [0.25, 0.3) is 0 Å². The average molecular weight is 327 g/mol. The first-order valence-corrected chi connectivity index (χ1v) is 7.70. The molecule has 1 aromatic rings. The predicted molar refractivity (Wildman–Crippen MR) is 82.6 cm³/mol. The van der Waals surface area contributed by atoms with Crippen LogP contribution < -0.4 is 10.1 Å². The highest BCUT2D eigenvalue weighted by molar-refractivity contribution is 9.10. The predicted octanol–water partition coefficient (Wildman–Crippen LogP) is 2.89. The third kappa shape index (κ3) is 4.48. The Balaban J connectivity index is 1.77. The lowest BCUT2D eigenvalue weighted by Gasteiger charge is -2.29. The van der Waals surface area contributed by atoms with Gasteiger partial charge in [-0.2, -0.15) is 0 Å². The molecule has 106 valence electrons. The SMILES string of the molecule is COc1ccc(CNC[C@@H]2CCCN(C)C2)cc1Br. The zero-order chi connectivity index (χ0) is 13.7. The van der Waals surface area contributed by atoms with E-state index in [-0.39, 0.29) is 0 Å². The van der Waals surface area contributed by atoms with Crippen LogP contribution in [-0.4, -0.2) is 38.7 Å². The van der Waals surface area contributed by atoms with Crippen LogP contribution in [0.1, 0.15) is 18.4 Å². The highest BCUT2D eigenvalue weighted by atomic mass is 79.9. The molecule has 0 saturated carbocycles. The van der Waals surface area contributed by atoms with E-state index in [9.17, 15) is 0 Å². The minimum atomic E-state index is 0.792. The smallest absolute Gasteiger partial charge is 0.133 e. The summed E-state index contributed by atoms with van der Waals surface area (Å²) in [5.41, 5.74) is 1.29. The normalized spacial score (nSPS) is 20.5. The molecule has 3 nitrogen and oxygen atoms in total. The number of benzene rings is 1. The summed E-state index contributed by atoms with van der Waals surface area (Å²) in [6, 6.07) is 6.25. The molecule has 4 heteroatoms. The van der Waals surface area contributed by atoms with Crippen LogP contribution in [0.4, 0.5) is 0 Å². The van der Waals surface area contributed by atoms with Crippen LogP contribution in [0.3, 0.4) is 0 Å². The lowest BCUT2D eigenvalue weighted by Crippen LogP contribution is -2.37. The first-order valence-electron chi connectivity index (χ1n) is 6.90. The van der Waals surface area contributed by atoms with Crippen molar-refractivity contribution in [2.45, 2.75) is 19.4 Å². The van der Waals surface area contributed by atoms with E-state index in [1.165, 1.54) is 31.5 Å². The fourth-order valence-corrected chi connectivity index (χ4v) is 3.27. The van der Waals surface area contributed by atoms with E-state index in [0.717, 1.165) is 29.2 Å². The molecule has 0 bridgehead atoms. The molecule has 0 aromatic heterocycles. The van der Waals surface area contributed by atoms with Crippen LogP contribution in [-0.2, 0) is 6.54 Å². The molecule has 0 unspecified atom stereocenters. The number of hydrogen-bond acceptors (Lipinski definition) is 3. The zero-order valence-electron chi connectivity index (χ0n) is 11.8. The van der Waals surface area contributed by atoms with E-state index < -0.39 is 0 Å². The Morgan fingerprint density at radius 3 is 3.00 bits per heavy atom. The van der Waals surface area contributed by atoms with Gasteiger partial charge in [0.15, 0.2) is 0 Å². The number of halogens is 1. The van der Waals surface area contributed by atoms with E-state index in [4.69, 9.17) is 4.74 Å². The first kappa shape index (κ1) is 14.8. The van der Waals surface area contributed by atoms with Gasteiger partial charge in [-0.05, 0) is 72.5 Å². The molecule has 0 radical (unpaired) electrons. The molecule has 1 fully saturated rings. The molecule has 2 rings (SSSR count). The third-order valence-electron chi connectivity index (χ3n) is 3.70. The molecule has 0 spiro atoms. The molecule has 0 aliphatic carbocycles. The number of rotatable bonds is 5. The number of hydrogen-bond donors (Lipinski definition) is 1. The fraction of sp³-hybridized carbons (Fsp3) is 0.600. The number of likely N-dealkylation sites (tertiary alicyclic amines) is 1. The van der Waals surface area contributed by atoms with Crippen molar-refractivity contribution >= 4 is 15.9 Å². The summed E-state index contributed by atoms with van der Waals surface area (Å²) >= 11 is 3.52. The highest BCUT2D eigenvalue weighted by Crippen LogP contribution is 2.25. The van der Waals surface area contributed by atoms with Gasteiger partial charge in [0, 0.05) is 13.1 Å². The van der Waals surface area contributed by atoms with Gasteiger partial charge in [0.05, 0.1) is 11.6 Å². The molecule has 19 heavy (non-hydrogen) atoms. The maximum atomic E-state index is 5.24. The zero-order valence-corrected chi connectivity index (χ0v) is 13.4. The van der Waals surface area contributed by atoms with Crippen LogP contribution >= 0.6 is 15.9 Å². The molecule has 1 atom stereocenters. The Bertz CT molecular complexity index is 411. The quantitative estimate of drug-likeness (QED) is 0.900. The summed E-state index contributed by atoms with van der Waals surface area (Å²) < 4.78 is 6.26. The monoisotopic (exact) mass is 326 g/mol. The van der Waals surface area contributed by atoms with Gasteiger partial charge in [0.1, 0.15) is 5.75 Å². The van der Waals surface area contributed by atoms with Gasteiger partial charge in [0.25, 0.3) is 0 Å². The molecule has 1 saturated heterocycles. The molecule has 1 N–H and O–H groups in total. The van der Waals surface area contributed by atoms with E-state index in [0.29, 0.717) is 0 Å². The Labute approximate surface area is 124 Å².